The van der Waals surface area contributed by atoms with Crippen molar-refractivity contribution >= 4 is 45.7 Å². The summed E-state index contributed by atoms with van der Waals surface area (Å²) in [5, 5.41) is 21.4. The van der Waals surface area contributed by atoms with Gasteiger partial charge >= 0.3 is 0 Å². The van der Waals surface area contributed by atoms with Crippen molar-refractivity contribution in [3.05, 3.63) is 73.9 Å². The van der Waals surface area contributed by atoms with Crippen molar-refractivity contribution in [3.8, 4) is 0 Å². The number of rotatable bonds is 3. The fourth-order valence-electron chi connectivity index (χ4n) is 2.52. The number of nitro groups is 1. The van der Waals surface area contributed by atoms with Crippen molar-refractivity contribution in [2.24, 2.45) is 0 Å². The average molecular weight is 365 g/mol. The maximum absolute atomic E-state index is 12.8. The van der Waals surface area contributed by atoms with E-state index in [2.05, 4.69) is 0 Å². The van der Waals surface area contributed by atoms with Crippen molar-refractivity contribution < 1.29 is 14.8 Å². The zero-order valence-electron chi connectivity index (χ0n) is 12.1. The fourth-order valence-corrected chi connectivity index (χ4v) is 2.97. The van der Waals surface area contributed by atoms with Crippen LogP contribution < -0.4 is 0 Å². The third kappa shape index (κ3) is 2.65. The van der Waals surface area contributed by atoms with E-state index in [9.17, 15) is 20.0 Å². The zero-order valence-corrected chi connectivity index (χ0v) is 13.6. The van der Waals surface area contributed by atoms with Gasteiger partial charge in [0.25, 0.3) is 11.6 Å². The van der Waals surface area contributed by atoms with Crippen LogP contribution in [0.3, 0.4) is 0 Å². The normalized spacial score (nSPS) is 11.0. The number of aliphatic hydroxyl groups excluding tert-OH is 1. The van der Waals surface area contributed by atoms with Gasteiger partial charge in [-0.15, -0.1) is 0 Å². The summed E-state index contributed by atoms with van der Waals surface area (Å²) in [6.45, 7) is -0.266. The molecule has 0 radical (unpaired) electrons. The van der Waals surface area contributed by atoms with Gasteiger partial charge in [0, 0.05) is 28.8 Å². The highest BCUT2D eigenvalue weighted by Crippen LogP contribution is 2.30. The van der Waals surface area contributed by atoms with Crippen LogP contribution in [0.2, 0.25) is 10.0 Å². The van der Waals surface area contributed by atoms with E-state index in [1.165, 1.54) is 22.9 Å². The predicted molar refractivity (Wildman–Crippen MR) is 90.7 cm³/mol. The number of nitro benzene ring substituents is 1. The lowest BCUT2D eigenvalue weighted by molar-refractivity contribution is -0.384. The van der Waals surface area contributed by atoms with Crippen LogP contribution in [0.25, 0.3) is 10.9 Å². The smallest absolute Gasteiger partial charge is 0.288 e. The van der Waals surface area contributed by atoms with Gasteiger partial charge in [0.1, 0.15) is 5.02 Å². The van der Waals surface area contributed by atoms with Crippen molar-refractivity contribution in [2.45, 2.75) is 6.61 Å². The van der Waals surface area contributed by atoms with Gasteiger partial charge in [-0.2, -0.15) is 0 Å². The van der Waals surface area contributed by atoms with Gasteiger partial charge in [0.15, 0.2) is 0 Å². The molecule has 0 amide bonds. The van der Waals surface area contributed by atoms with Crippen LogP contribution in [0.4, 0.5) is 5.69 Å². The minimum Gasteiger partial charge on any atom is -0.392 e. The lowest BCUT2D eigenvalue weighted by Crippen LogP contribution is -2.11. The van der Waals surface area contributed by atoms with E-state index in [0.717, 1.165) is 6.07 Å². The molecule has 0 bridgehead atoms. The van der Waals surface area contributed by atoms with Crippen molar-refractivity contribution in [1.82, 2.24) is 4.57 Å². The van der Waals surface area contributed by atoms with Gasteiger partial charge in [-0.25, -0.2) is 0 Å². The first-order chi connectivity index (χ1) is 11.4. The lowest BCUT2D eigenvalue weighted by Gasteiger charge is -2.06. The molecule has 6 nitrogen and oxygen atoms in total. The van der Waals surface area contributed by atoms with Gasteiger partial charge in [0.05, 0.1) is 22.1 Å². The van der Waals surface area contributed by atoms with E-state index in [1.807, 2.05) is 0 Å². The number of para-hydroxylation sites is 1. The molecule has 0 saturated heterocycles. The molecule has 1 aromatic heterocycles. The Kier molecular flexibility index (Phi) is 4.28. The number of fused-ring (bicyclic) bond motifs is 1. The summed E-state index contributed by atoms with van der Waals surface area (Å²) >= 11 is 12.0. The topological polar surface area (TPSA) is 85.4 Å². The zero-order chi connectivity index (χ0) is 17.4. The molecule has 1 heterocycles. The number of aromatic nitrogens is 1. The second-order valence-corrected chi connectivity index (χ2v) is 5.86. The molecule has 0 aliphatic rings. The number of aliphatic hydroxyl groups is 1. The van der Waals surface area contributed by atoms with E-state index in [0.29, 0.717) is 21.5 Å². The molecule has 3 aromatic rings. The maximum atomic E-state index is 12.8. The first kappa shape index (κ1) is 16.4. The Morgan fingerprint density at radius 3 is 2.62 bits per heavy atom. The molecule has 0 unspecified atom stereocenters. The van der Waals surface area contributed by atoms with Gasteiger partial charge < -0.3 is 5.11 Å². The molecule has 24 heavy (non-hydrogen) atoms. The molecule has 2 aromatic carbocycles. The van der Waals surface area contributed by atoms with Crippen molar-refractivity contribution in [3.63, 3.8) is 0 Å². The standard InChI is InChI=1S/C16H10Cl2N2O4/c17-12-5-4-9(6-14(12)20(23)24)16(22)19-7-10(8-21)11-2-1-3-13(18)15(11)19/h1-7,21H,8H2. The summed E-state index contributed by atoms with van der Waals surface area (Å²) in [6, 6.07) is 8.89. The number of benzene rings is 2. The third-order valence-corrected chi connectivity index (χ3v) is 4.26. The number of hydrogen-bond acceptors (Lipinski definition) is 4. The van der Waals surface area contributed by atoms with Crippen LogP contribution in [0.5, 0.6) is 0 Å². The van der Waals surface area contributed by atoms with E-state index in [1.54, 1.807) is 18.2 Å². The first-order valence-electron chi connectivity index (χ1n) is 6.82. The van der Waals surface area contributed by atoms with Crippen molar-refractivity contribution in [2.75, 3.05) is 0 Å². The Morgan fingerprint density at radius 2 is 1.96 bits per heavy atom. The van der Waals surface area contributed by atoms with E-state index in [-0.39, 0.29) is 22.9 Å². The summed E-state index contributed by atoms with van der Waals surface area (Å²) in [7, 11) is 0. The molecular formula is C16H10Cl2N2O4. The number of carbonyl (C=O) groups excluding carboxylic acids is 1. The predicted octanol–water partition coefficient (Wildman–Crippen LogP) is 4.04. The Balaban J connectivity index is 2.20. The Morgan fingerprint density at radius 1 is 1.21 bits per heavy atom. The average Bonchev–Trinajstić information content (AvgIpc) is 2.94. The minimum atomic E-state index is -0.654. The summed E-state index contributed by atoms with van der Waals surface area (Å²) in [4.78, 5) is 23.1. The van der Waals surface area contributed by atoms with Crippen LogP contribution in [-0.2, 0) is 6.61 Å². The van der Waals surface area contributed by atoms with Crippen LogP contribution in [0, 0.1) is 10.1 Å². The molecule has 0 saturated carbocycles. The number of nitrogens with zero attached hydrogens (tertiary/aromatic N) is 2. The Hall–Kier alpha value is -2.41. The quantitative estimate of drug-likeness (QED) is 0.561. The second kappa shape index (κ2) is 6.24. The molecule has 1 N–H and O–H groups in total. The molecule has 3 rings (SSSR count). The Bertz CT molecular complexity index is 982. The van der Waals surface area contributed by atoms with Gasteiger partial charge in [-0.1, -0.05) is 35.3 Å². The largest absolute Gasteiger partial charge is 0.392 e. The van der Waals surface area contributed by atoms with Crippen LogP contribution in [0.1, 0.15) is 15.9 Å². The summed E-state index contributed by atoms with van der Waals surface area (Å²) in [5.74, 6) is -0.507. The van der Waals surface area contributed by atoms with E-state index < -0.39 is 10.8 Å². The van der Waals surface area contributed by atoms with Crippen LogP contribution >= 0.6 is 23.2 Å². The summed E-state index contributed by atoms with van der Waals surface area (Å²) in [6.07, 6.45) is 1.47. The highest BCUT2D eigenvalue weighted by atomic mass is 35.5. The van der Waals surface area contributed by atoms with Gasteiger partial charge in [-0.3, -0.25) is 19.5 Å². The molecule has 122 valence electrons. The van der Waals surface area contributed by atoms with Crippen LogP contribution in [-0.4, -0.2) is 20.5 Å². The molecule has 0 spiro atoms. The monoisotopic (exact) mass is 364 g/mol. The minimum absolute atomic E-state index is 0.0528. The molecule has 0 atom stereocenters. The SMILES string of the molecule is O=C(c1ccc(Cl)c([N+](=O)[O-])c1)n1cc(CO)c2cccc(Cl)c21. The van der Waals surface area contributed by atoms with Crippen LogP contribution in [0.15, 0.2) is 42.6 Å². The summed E-state index contributed by atoms with van der Waals surface area (Å²) < 4.78 is 1.27. The summed E-state index contributed by atoms with van der Waals surface area (Å²) in [5.41, 5.74) is 0.704. The maximum Gasteiger partial charge on any atom is 0.288 e. The van der Waals surface area contributed by atoms with E-state index >= 15 is 0 Å². The highest BCUT2D eigenvalue weighted by Gasteiger charge is 2.20. The molecule has 0 aliphatic carbocycles. The van der Waals surface area contributed by atoms with Gasteiger partial charge in [0.2, 0.25) is 0 Å². The number of halogens is 2. The molecule has 8 heteroatoms. The van der Waals surface area contributed by atoms with Gasteiger partial charge in [-0.05, 0) is 18.2 Å². The Labute approximate surface area is 146 Å². The number of carbonyl (C=O) groups is 1. The number of hydrogen-bond donors (Lipinski definition) is 1. The second-order valence-electron chi connectivity index (χ2n) is 5.05. The molecule has 0 aliphatic heterocycles. The first-order valence-corrected chi connectivity index (χ1v) is 7.57. The van der Waals surface area contributed by atoms with Crippen molar-refractivity contribution in [1.29, 1.82) is 0 Å². The molecular weight excluding hydrogens is 355 g/mol. The lowest BCUT2D eigenvalue weighted by atomic mass is 10.1. The third-order valence-electron chi connectivity index (χ3n) is 3.64. The highest BCUT2D eigenvalue weighted by molar-refractivity contribution is 6.36. The fraction of sp³-hybridized carbons (Fsp3) is 0.0625. The molecule has 0 fully saturated rings. The van der Waals surface area contributed by atoms with E-state index in [4.69, 9.17) is 23.2 Å².